The molecule has 4 rings (SSSR count). The van der Waals surface area contributed by atoms with Gasteiger partial charge in [-0.15, -0.1) is 11.3 Å². The normalized spacial score (nSPS) is 16.3. The molecule has 0 saturated heterocycles. The molecule has 1 aliphatic heterocycles. The Bertz CT molecular complexity index is 829. The van der Waals surface area contributed by atoms with Crippen LogP contribution in [0.1, 0.15) is 22.8 Å². The van der Waals surface area contributed by atoms with Gasteiger partial charge in [0.25, 0.3) is 0 Å². The van der Waals surface area contributed by atoms with Crippen LogP contribution in [0.2, 0.25) is 0 Å². The fourth-order valence-corrected chi connectivity index (χ4v) is 3.99. The lowest BCUT2D eigenvalue weighted by Crippen LogP contribution is -2.20. The Kier molecular flexibility index (Phi) is 4.22. The van der Waals surface area contributed by atoms with E-state index in [1.54, 1.807) is 6.20 Å². The average Bonchev–Trinajstić information content (AvgIpc) is 3.07. The van der Waals surface area contributed by atoms with E-state index in [1.165, 1.54) is 20.9 Å². The molecule has 1 aliphatic rings. The zero-order valence-corrected chi connectivity index (χ0v) is 14.5. The van der Waals surface area contributed by atoms with Crippen molar-refractivity contribution in [1.29, 1.82) is 0 Å². The number of hydrogen-bond donors (Lipinski definition) is 1. The Morgan fingerprint density at radius 3 is 3.00 bits per heavy atom. The predicted octanol–water partition coefficient (Wildman–Crippen LogP) is 5.10. The van der Waals surface area contributed by atoms with Crippen LogP contribution in [0.3, 0.4) is 0 Å². The maximum absolute atomic E-state index is 5.94. The van der Waals surface area contributed by atoms with E-state index in [4.69, 9.17) is 4.74 Å². The van der Waals surface area contributed by atoms with Crippen molar-refractivity contribution in [3.05, 3.63) is 65.3 Å². The lowest BCUT2D eigenvalue weighted by Gasteiger charge is -2.27. The van der Waals surface area contributed by atoms with Crippen LogP contribution in [0.15, 0.2) is 54.9 Å². The third-order valence-corrected chi connectivity index (χ3v) is 5.47. The maximum Gasteiger partial charge on any atom is 0.123 e. The summed E-state index contributed by atoms with van der Waals surface area (Å²) in [4.78, 5) is 6.79. The number of benzene rings is 1. The van der Waals surface area contributed by atoms with Crippen LogP contribution in [0.25, 0.3) is 10.4 Å². The Morgan fingerprint density at radius 2 is 2.21 bits per heavy atom. The topological polar surface area (TPSA) is 34.1 Å². The first-order valence-electron chi connectivity index (χ1n) is 8.27. The number of aryl methyl sites for hydroxylation is 1. The van der Waals surface area contributed by atoms with Crippen LogP contribution in [0.5, 0.6) is 5.75 Å². The highest BCUT2D eigenvalue weighted by atomic mass is 32.1. The molecular weight excluding hydrogens is 316 g/mol. The van der Waals surface area contributed by atoms with Crippen molar-refractivity contribution in [3.63, 3.8) is 0 Å². The van der Waals surface area contributed by atoms with Gasteiger partial charge >= 0.3 is 0 Å². The fraction of sp³-hybridized carbons (Fsp3) is 0.250. The molecule has 0 unspecified atom stereocenters. The average molecular weight is 336 g/mol. The Hall–Kier alpha value is -2.33. The standard InChI is InChI=1S/C20H20N2OS/c1-14-4-7-20(24-14)15-5-6-18-16(8-10-23-19(18)11-15)12-22-17-3-2-9-21-13-17/h2-7,9,11,13,16,22H,8,10,12H2,1H3/t16-/m1/s1. The highest BCUT2D eigenvalue weighted by molar-refractivity contribution is 7.15. The first-order valence-corrected chi connectivity index (χ1v) is 9.09. The van der Waals surface area contributed by atoms with Gasteiger partial charge in [-0.3, -0.25) is 4.98 Å². The first-order chi connectivity index (χ1) is 11.8. The molecule has 3 aromatic rings. The summed E-state index contributed by atoms with van der Waals surface area (Å²) < 4.78 is 5.94. The van der Waals surface area contributed by atoms with Gasteiger partial charge in [0.1, 0.15) is 5.75 Å². The summed E-state index contributed by atoms with van der Waals surface area (Å²) in [6.45, 7) is 3.82. The lowest BCUT2D eigenvalue weighted by atomic mass is 9.92. The second-order valence-corrected chi connectivity index (χ2v) is 7.41. The molecule has 1 N–H and O–H groups in total. The van der Waals surface area contributed by atoms with Crippen molar-refractivity contribution in [3.8, 4) is 16.2 Å². The molecule has 0 spiro atoms. The summed E-state index contributed by atoms with van der Waals surface area (Å²) in [5, 5.41) is 3.49. The van der Waals surface area contributed by atoms with E-state index in [2.05, 4.69) is 53.6 Å². The number of anilines is 1. The largest absolute Gasteiger partial charge is 0.493 e. The number of hydrogen-bond acceptors (Lipinski definition) is 4. The summed E-state index contributed by atoms with van der Waals surface area (Å²) in [5.74, 6) is 1.50. The monoisotopic (exact) mass is 336 g/mol. The van der Waals surface area contributed by atoms with Gasteiger partial charge in [-0.2, -0.15) is 0 Å². The third-order valence-electron chi connectivity index (χ3n) is 4.42. The van der Waals surface area contributed by atoms with Crippen molar-refractivity contribution < 1.29 is 4.74 Å². The summed E-state index contributed by atoms with van der Waals surface area (Å²) in [6.07, 6.45) is 4.70. The van der Waals surface area contributed by atoms with Gasteiger partial charge in [0.15, 0.2) is 0 Å². The van der Waals surface area contributed by atoms with Crippen molar-refractivity contribution in [1.82, 2.24) is 4.98 Å². The predicted molar refractivity (Wildman–Crippen MR) is 100 cm³/mol. The molecule has 24 heavy (non-hydrogen) atoms. The van der Waals surface area contributed by atoms with Crippen LogP contribution in [0.4, 0.5) is 5.69 Å². The second-order valence-electron chi connectivity index (χ2n) is 6.12. The van der Waals surface area contributed by atoms with Gasteiger partial charge in [0, 0.05) is 34.6 Å². The van der Waals surface area contributed by atoms with Gasteiger partial charge in [0.05, 0.1) is 12.3 Å². The Balaban J connectivity index is 1.54. The van der Waals surface area contributed by atoms with Gasteiger partial charge in [0.2, 0.25) is 0 Å². The number of pyridine rings is 1. The van der Waals surface area contributed by atoms with Crippen LogP contribution in [-0.4, -0.2) is 18.1 Å². The molecule has 4 heteroatoms. The minimum Gasteiger partial charge on any atom is -0.493 e. The van der Waals surface area contributed by atoms with Gasteiger partial charge in [-0.25, -0.2) is 0 Å². The maximum atomic E-state index is 5.94. The zero-order valence-electron chi connectivity index (χ0n) is 13.7. The number of rotatable bonds is 4. The van der Waals surface area contributed by atoms with Crippen LogP contribution < -0.4 is 10.1 Å². The summed E-state index contributed by atoms with van der Waals surface area (Å²) in [5.41, 5.74) is 3.61. The molecule has 0 fully saturated rings. The van der Waals surface area contributed by atoms with Crippen molar-refractivity contribution in [2.24, 2.45) is 0 Å². The molecule has 1 atom stereocenters. The molecule has 0 saturated carbocycles. The minimum absolute atomic E-state index is 0.466. The molecule has 0 bridgehead atoms. The van der Waals surface area contributed by atoms with Gasteiger partial charge < -0.3 is 10.1 Å². The number of fused-ring (bicyclic) bond motifs is 1. The summed E-state index contributed by atoms with van der Waals surface area (Å²) in [6, 6.07) is 15.0. The number of aromatic nitrogens is 1. The molecule has 0 amide bonds. The Morgan fingerprint density at radius 1 is 1.25 bits per heavy atom. The number of ether oxygens (including phenoxy) is 1. The van der Waals surface area contributed by atoms with E-state index in [-0.39, 0.29) is 0 Å². The van der Waals surface area contributed by atoms with E-state index in [9.17, 15) is 0 Å². The van der Waals surface area contributed by atoms with Crippen LogP contribution in [-0.2, 0) is 0 Å². The molecule has 0 aliphatic carbocycles. The molecular formula is C20H20N2OS. The molecule has 122 valence electrons. The molecule has 1 aromatic carbocycles. The Labute approximate surface area is 146 Å². The molecule has 3 heterocycles. The van der Waals surface area contributed by atoms with Crippen LogP contribution >= 0.6 is 11.3 Å². The quantitative estimate of drug-likeness (QED) is 0.720. The fourth-order valence-electron chi connectivity index (χ4n) is 3.13. The van der Waals surface area contributed by atoms with Crippen LogP contribution in [0, 0.1) is 6.92 Å². The van der Waals surface area contributed by atoms with E-state index in [1.807, 2.05) is 23.6 Å². The minimum atomic E-state index is 0.466. The smallest absolute Gasteiger partial charge is 0.123 e. The molecule has 3 nitrogen and oxygen atoms in total. The van der Waals surface area contributed by atoms with Crippen molar-refractivity contribution >= 4 is 17.0 Å². The highest BCUT2D eigenvalue weighted by Gasteiger charge is 2.22. The lowest BCUT2D eigenvalue weighted by molar-refractivity contribution is 0.270. The third kappa shape index (κ3) is 3.15. The number of nitrogens with one attached hydrogen (secondary N) is 1. The number of nitrogens with zero attached hydrogens (tertiary/aromatic N) is 1. The highest BCUT2D eigenvalue weighted by Crippen LogP contribution is 2.38. The van der Waals surface area contributed by atoms with E-state index < -0.39 is 0 Å². The van der Waals surface area contributed by atoms with E-state index >= 15 is 0 Å². The summed E-state index contributed by atoms with van der Waals surface area (Å²) in [7, 11) is 0. The first kappa shape index (κ1) is 15.2. The SMILES string of the molecule is Cc1ccc(-c2ccc3c(c2)OCC[C@@H]3CNc2cccnc2)s1. The van der Waals surface area contributed by atoms with Gasteiger partial charge in [-0.1, -0.05) is 12.1 Å². The van der Waals surface area contributed by atoms with E-state index in [0.717, 1.165) is 31.0 Å². The molecule has 0 radical (unpaired) electrons. The zero-order chi connectivity index (χ0) is 16.4. The van der Waals surface area contributed by atoms with Crippen molar-refractivity contribution in [2.45, 2.75) is 19.3 Å². The van der Waals surface area contributed by atoms with Crippen molar-refractivity contribution in [2.75, 3.05) is 18.5 Å². The molecule has 2 aromatic heterocycles. The summed E-state index contributed by atoms with van der Waals surface area (Å²) >= 11 is 1.82. The number of thiophene rings is 1. The second kappa shape index (κ2) is 6.65. The van der Waals surface area contributed by atoms with Gasteiger partial charge in [-0.05, 0) is 54.8 Å². The van der Waals surface area contributed by atoms with E-state index in [0.29, 0.717) is 5.92 Å².